The summed E-state index contributed by atoms with van der Waals surface area (Å²) in [4.78, 5) is 0. The van der Waals surface area contributed by atoms with Gasteiger partial charge in [0, 0.05) is 22.4 Å². The zero-order valence-corrected chi connectivity index (χ0v) is 30.4. The number of aromatic nitrogens is 1. The summed E-state index contributed by atoms with van der Waals surface area (Å²) in [5.41, 5.74) is 12.3. The second kappa shape index (κ2) is 12.9. The highest BCUT2D eigenvalue weighted by molar-refractivity contribution is 6.25. The van der Waals surface area contributed by atoms with Gasteiger partial charge in [0.15, 0.2) is 0 Å². The Balaban J connectivity index is 1.04. The molecule has 0 saturated heterocycles. The van der Waals surface area contributed by atoms with Gasteiger partial charge in [-0.05, 0) is 126 Å². The number of benzene rings is 9. The van der Waals surface area contributed by atoms with Gasteiger partial charge < -0.3 is 4.57 Å². The minimum atomic E-state index is 0.390. The van der Waals surface area contributed by atoms with Crippen molar-refractivity contribution in [3.05, 3.63) is 212 Å². The van der Waals surface area contributed by atoms with Gasteiger partial charge in [0.25, 0.3) is 0 Å². The maximum absolute atomic E-state index is 2.45. The second-order valence-corrected chi connectivity index (χ2v) is 14.8. The molecule has 1 aromatic heterocycles. The molecule has 11 rings (SSSR count). The fraction of sp³-hybridized carbons (Fsp3) is 0.0370. The summed E-state index contributed by atoms with van der Waals surface area (Å²) in [7, 11) is 0. The number of rotatable bonds is 5. The van der Waals surface area contributed by atoms with Crippen LogP contribution in [0.25, 0.3) is 93.2 Å². The third-order valence-electron chi connectivity index (χ3n) is 11.7. The summed E-state index contributed by atoms with van der Waals surface area (Å²) in [6.45, 7) is 0. The first kappa shape index (κ1) is 31.6. The maximum atomic E-state index is 2.45. The first-order valence-corrected chi connectivity index (χ1v) is 19.3. The van der Waals surface area contributed by atoms with Gasteiger partial charge in [0.05, 0.1) is 11.0 Å². The average molecular weight is 700 g/mol. The van der Waals surface area contributed by atoms with Crippen molar-refractivity contribution >= 4 is 54.1 Å². The van der Waals surface area contributed by atoms with Crippen LogP contribution in [-0.2, 0) is 0 Å². The molecule has 1 heteroatoms. The quantitative estimate of drug-likeness (QED) is 0.158. The van der Waals surface area contributed by atoms with Gasteiger partial charge >= 0.3 is 0 Å². The smallest absolute Gasteiger partial charge is 0.0541 e. The van der Waals surface area contributed by atoms with Crippen LogP contribution >= 0.6 is 0 Å². The molecule has 258 valence electrons. The van der Waals surface area contributed by atoms with Crippen molar-refractivity contribution in [1.82, 2.24) is 4.57 Å². The maximum Gasteiger partial charge on any atom is 0.0541 e. The molecule has 1 heterocycles. The van der Waals surface area contributed by atoms with E-state index in [4.69, 9.17) is 0 Å². The van der Waals surface area contributed by atoms with Crippen LogP contribution in [0.15, 0.2) is 206 Å². The van der Waals surface area contributed by atoms with Gasteiger partial charge in [0.2, 0.25) is 0 Å². The van der Waals surface area contributed by atoms with E-state index in [1.54, 1.807) is 0 Å². The first-order valence-electron chi connectivity index (χ1n) is 19.3. The Hall–Kier alpha value is -6.96. The lowest BCUT2D eigenvalue weighted by molar-refractivity contribution is 0.855. The molecular formula is C54H37N. The lowest BCUT2D eigenvalue weighted by Crippen LogP contribution is -1.97. The molecule has 0 aliphatic heterocycles. The molecule has 10 aromatic rings. The summed E-state index contributed by atoms with van der Waals surface area (Å²) in [5.74, 6) is 0.390. The monoisotopic (exact) mass is 699 g/mol. The van der Waals surface area contributed by atoms with E-state index in [1.165, 1.54) is 93.1 Å². The Bertz CT molecular complexity index is 3140. The molecule has 0 bridgehead atoms. The van der Waals surface area contributed by atoms with Gasteiger partial charge in [-0.15, -0.1) is 0 Å². The van der Waals surface area contributed by atoms with E-state index in [9.17, 15) is 0 Å². The van der Waals surface area contributed by atoms with Crippen LogP contribution in [0.1, 0.15) is 17.9 Å². The standard InChI is InChI=1S/C54H37N/c1-3-13-36(14-4-1)41-26-29-53-51(34-41)52-35-42(37-15-5-2-6-16-37)27-30-54(52)55(53)44-20-12-19-40(32-44)38-17-11-18-39(31-38)43-25-28-49-47-23-8-7-21-45(47)46-22-9-10-24-48(46)50(49)33-43/h1-15,17-35,37H,16H2. The Morgan fingerprint density at radius 2 is 0.873 bits per heavy atom. The summed E-state index contributed by atoms with van der Waals surface area (Å²) < 4.78 is 2.45. The first-order chi connectivity index (χ1) is 27.3. The predicted molar refractivity (Wildman–Crippen MR) is 235 cm³/mol. The van der Waals surface area contributed by atoms with Crippen LogP contribution in [0, 0.1) is 0 Å². The SMILES string of the molecule is C1=CCC(c2ccc3c(c2)c2cc(-c4ccccc4)ccc2n3-c2cccc(-c3cccc(-c4ccc5c6ccccc6c6ccccc6c5c4)c3)c2)C=C1. The minimum absolute atomic E-state index is 0.390. The zero-order valence-electron chi connectivity index (χ0n) is 30.4. The van der Waals surface area contributed by atoms with Crippen molar-refractivity contribution in [2.45, 2.75) is 12.3 Å². The van der Waals surface area contributed by atoms with Crippen LogP contribution in [-0.4, -0.2) is 4.57 Å². The van der Waals surface area contributed by atoms with Gasteiger partial charge in [-0.25, -0.2) is 0 Å². The Morgan fingerprint density at radius 3 is 1.58 bits per heavy atom. The number of hydrogen-bond donors (Lipinski definition) is 0. The summed E-state index contributed by atoms with van der Waals surface area (Å²) in [5, 5.41) is 10.4. The summed E-state index contributed by atoms with van der Waals surface area (Å²) >= 11 is 0. The molecule has 1 aliphatic carbocycles. The summed E-state index contributed by atoms with van der Waals surface area (Å²) in [6.07, 6.45) is 9.97. The molecule has 1 unspecified atom stereocenters. The highest BCUT2D eigenvalue weighted by atomic mass is 15.0. The lowest BCUT2D eigenvalue weighted by Gasteiger charge is -2.14. The van der Waals surface area contributed by atoms with E-state index < -0.39 is 0 Å². The molecule has 55 heavy (non-hydrogen) atoms. The summed E-state index contributed by atoms with van der Waals surface area (Å²) in [6, 6.07) is 67.4. The highest BCUT2D eigenvalue weighted by Gasteiger charge is 2.17. The van der Waals surface area contributed by atoms with E-state index in [1.807, 2.05) is 0 Å². The third-order valence-corrected chi connectivity index (χ3v) is 11.7. The van der Waals surface area contributed by atoms with Crippen LogP contribution in [0.5, 0.6) is 0 Å². The molecule has 0 radical (unpaired) electrons. The van der Waals surface area contributed by atoms with Crippen molar-refractivity contribution in [2.24, 2.45) is 0 Å². The number of hydrogen-bond acceptors (Lipinski definition) is 0. The van der Waals surface area contributed by atoms with E-state index in [0.717, 1.165) is 12.1 Å². The fourth-order valence-electron chi connectivity index (χ4n) is 8.98. The normalized spacial score (nSPS) is 14.1. The molecule has 9 aromatic carbocycles. The molecule has 0 spiro atoms. The van der Waals surface area contributed by atoms with E-state index >= 15 is 0 Å². The van der Waals surface area contributed by atoms with Crippen LogP contribution in [0.2, 0.25) is 0 Å². The molecule has 1 atom stereocenters. The Morgan fingerprint density at radius 1 is 0.345 bits per heavy atom. The molecule has 0 amide bonds. The van der Waals surface area contributed by atoms with E-state index in [2.05, 4.69) is 211 Å². The molecule has 0 fully saturated rings. The van der Waals surface area contributed by atoms with Crippen molar-refractivity contribution in [2.75, 3.05) is 0 Å². The molecule has 1 aliphatic rings. The Kier molecular flexibility index (Phi) is 7.38. The Labute approximate surface area is 320 Å². The topological polar surface area (TPSA) is 4.93 Å². The fourth-order valence-corrected chi connectivity index (χ4v) is 8.98. The number of allylic oxidation sites excluding steroid dienone is 4. The third kappa shape index (κ3) is 5.31. The van der Waals surface area contributed by atoms with E-state index in [-0.39, 0.29) is 0 Å². The van der Waals surface area contributed by atoms with Crippen molar-refractivity contribution in [3.8, 4) is 39.1 Å². The van der Waals surface area contributed by atoms with Crippen molar-refractivity contribution < 1.29 is 0 Å². The molecule has 0 N–H and O–H groups in total. The minimum Gasteiger partial charge on any atom is -0.309 e. The molecule has 1 nitrogen and oxygen atoms in total. The number of fused-ring (bicyclic) bond motifs is 9. The molecule has 0 saturated carbocycles. The van der Waals surface area contributed by atoms with E-state index in [0.29, 0.717) is 5.92 Å². The van der Waals surface area contributed by atoms with Crippen LogP contribution < -0.4 is 0 Å². The van der Waals surface area contributed by atoms with Gasteiger partial charge in [-0.1, -0.05) is 158 Å². The predicted octanol–water partition coefficient (Wildman–Crippen LogP) is 14.8. The van der Waals surface area contributed by atoms with Gasteiger partial charge in [-0.2, -0.15) is 0 Å². The van der Waals surface area contributed by atoms with Crippen LogP contribution in [0.4, 0.5) is 0 Å². The van der Waals surface area contributed by atoms with Gasteiger partial charge in [0.1, 0.15) is 0 Å². The van der Waals surface area contributed by atoms with Gasteiger partial charge in [-0.3, -0.25) is 0 Å². The second-order valence-electron chi connectivity index (χ2n) is 14.8. The lowest BCUT2D eigenvalue weighted by atomic mass is 9.91. The zero-order chi connectivity index (χ0) is 36.3. The largest absolute Gasteiger partial charge is 0.309 e. The van der Waals surface area contributed by atoms with Crippen LogP contribution in [0.3, 0.4) is 0 Å². The highest BCUT2D eigenvalue weighted by Crippen LogP contribution is 2.40. The van der Waals surface area contributed by atoms with Crippen molar-refractivity contribution in [1.29, 1.82) is 0 Å². The average Bonchev–Trinajstić information content (AvgIpc) is 3.60. The van der Waals surface area contributed by atoms with Crippen molar-refractivity contribution in [3.63, 3.8) is 0 Å². The number of nitrogens with zero attached hydrogens (tertiary/aromatic N) is 1. The molecular weight excluding hydrogens is 663 g/mol.